The molecule has 27 heavy (non-hydrogen) atoms. The summed E-state index contributed by atoms with van der Waals surface area (Å²) in [7, 11) is 0. The normalized spacial score (nSPS) is 10.9. The molecule has 0 bridgehead atoms. The smallest absolute Gasteiger partial charge is 0.115 e. The molecule has 0 atom stereocenters. The number of hydrogen-bond acceptors (Lipinski definition) is 4. The number of phenols is 3. The van der Waals surface area contributed by atoms with Gasteiger partial charge in [0.2, 0.25) is 0 Å². The summed E-state index contributed by atoms with van der Waals surface area (Å²) < 4.78 is 2.56. The predicted molar refractivity (Wildman–Crippen MR) is 107 cm³/mol. The van der Waals surface area contributed by atoms with E-state index in [1.165, 1.54) is 0 Å². The van der Waals surface area contributed by atoms with Crippen LogP contribution in [0.15, 0.2) is 77.3 Å². The van der Waals surface area contributed by atoms with Crippen LogP contribution in [0.4, 0.5) is 0 Å². The van der Waals surface area contributed by atoms with Crippen molar-refractivity contribution in [2.75, 3.05) is 0 Å². The van der Waals surface area contributed by atoms with Crippen molar-refractivity contribution in [2.45, 2.75) is 0 Å². The molecular weight excluding hydrogens is 408 g/mol. The molecule has 4 aromatic rings. The van der Waals surface area contributed by atoms with Gasteiger partial charge in [-0.2, -0.15) is 5.10 Å². The highest BCUT2D eigenvalue weighted by atomic mass is 79.9. The van der Waals surface area contributed by atoms with Crippen molar-refractivity contribution in [3.05, 3.63) is 77.3 Å². The van der Waals surface area contributed by atoms with Crippen LogP contribution < -0.4 is 0 Å². The first-order valence-corrected chi connectivity index (χ1v) is 8.99. The molecule has 3 aromatic carbocycles. The molecule has 4 rings (SSSR count). The number of rotatable bonds is 3. The Morgan fingerprint density at radius 2 is 1.07 bits per heavy atom. The Hall–Kier alpha value is -3.25. The van der Waals surface area contributed by atoms with Gasteiger partial charge in [-0.3, -0.25) is 0 Å². The summed E-state index contributed by atoms with van der Waals surface area (Å²) in [5.74, 6) is 0.547. The van der Waals surface area contributed by atoms with Crippen LogP contribution in [0, 0.1) is 0 Å². The van der Waals surface area contributed by atoms with E-state index in [0.29, 0.717) is 5.69 Å². The van der Waals surface area contributed by atoms with Crippen LogP contribution in [0.3, 0.4) is 0 Å². The lowest BCUT2D eigenvalue weighted by atomic mass is 10.1. The van der Waals surface area contributed by atoms with Crippen molar-refractivity contribution in [1.29, 1.82) is 0 Å². The molecule has 1 aromatic heterocycles. The van der Waals surface area contributed by atoms with Gasteiger partial charge < -0.3 is 15.3 Å². The van der Waals surface area contributed by atoms with Gasteiger partial charge in [-0.1, -0.05) is 0 Å². The van der Waals surface area contributed by atoms with E-state index in [9.17, 15) is 15.3 Å². The minimum Gasteiger partial charge on any atom is -0.508 e. The Bertz CT molecular complexity index is 1090. The summed E-state index contributed by atoms with van der Waals surface area (Å²) in [6, 6.07) is 20.4. The molecule has 134 valence electrons. The summed E-state index contributed by atoms with van der Waals surface area (Å²) in [6.07, 6.45) is 0. The van der Waals surface area contributed by atoms with E-state index < -0.39 is 0 Å². The maximum Gasteiger partial charge on any atom is 0.115 e. The third-order valence-electron chi connectivity index (χ3n) is 4.20. The lowest BCUT2D eigenvalue weighted by Gasteiger charge is -2.08. The topological polar surface area (TPSA) is 78.5 Å². The molecule has 0 radical (unpaired) electrons. The van der Waals surface area contributed by atoms with Crippen molar-refractivity contribution in [1.82, 2.24) is 9.78 Å². The minimum absolute atomic E-state index is 0.176. The Labute approximate surface area is 163 Å². The van der Waals surface area contributed by atoms with E-state index in [2.05, 4.69) is 15.9 Å². The number of aromatic hydroxyl groups is 3. The second kappa shape index (κ2) is 6.81. The highest BCUT2D eigenvalue weighted by molar-refractivity contribution is 9.10. The Morgan fingerprint density at radius 1 is 0.630 bits per heavy atom. The van der Waals surface area contributed by atoms with E-state index in [1.807, 2.05) is 12.1 Å². The first kappa shape index (κ1) is 17.2. The zero-order chi connectivity index (χ0) is 19.0. The summed E-state index contributed by atoms with van der Waals surface area (Å²) in [5, 5.41) is 33.5. The quantitative estimate of drug-likeness (QED) is 0.429. The largest absolute Gasteiger partial charge is 0.508 e. The molecule has 0 amide bonds. The van der Waals surface area contributed by atoms with Gasteiger partial charge in [0.05, 0.1) is 15.9 Å². The minimum atomic E-state index is 0.176. The molecular formula is C21H15BrN2O3. The molecule has 0 aliphatic heterocycles. The number of benzene rings is 3. The number of aromatic nitrogens is 2. The fraction of sp³-hybridized carbons (Fsp3) is 0. The summed E-state index contributed by atoms with van der Waals surface area (Å²) in [5.41, 5.74) is 4.01. The average molecular weight is 423 g/mol. The van der Waals surface area contributed by atoms with Crippen molar-refractivity contribution < 1.29 is 15.3 Å². The molecule has 6 heteroatoms. The molecule has 0 unspecified atom stereocenters. The fourth-order valence-electron chi connectivity index (χ4n) is 2.85. The van der Waals surface area contributed by atoms with E-state index in [-0.39, 0.29) is 17.2 Å². The zero-order valence-electron chi connectivity index (χ0n) is 14.0. The standard InChI is InChI=1S/C21H15BrN2O3/c22-19-20(13-1-7-16(25)8-2-13)23-24(15-5-11-18(27)12-6-15)21(19)14-3-9-17(26)10-4-14/h1-12,25-27H. The first-order chi connectivity index (χ1) is 13.0. The highest BCUT2D eigenvalue weighted by Crippen LogP contribution is 2.39. The van der Waals surface area contributed by atoms with E-state index in [4.69, 9.17) is 5.10 Å². The molecule has 0 saturated carbocycles. The van der Waals surface area contributed by atoms with Crippen molar-refractivity contribution in [3.63, 3.8) is 0 Å². The van der Waals surface area contributed by atoms with E-state index in [0.717, 1.165) is 27.0 Å². The molecule has 0 aliphatic rings. The Morgan fingerprint density at radius 3 is 1.59 bits per heavy atom. The molecule has 0 spiro atoms. The van der Waals surface area contributed by atoms with Crippen LogP contribution in [-0.2, 0) is 0 Å². The average Bonchev–Trinajstić information content (AvgIpc) is 3.01. The number of nitrogens with zero attached hydrogens (tertiary/aromatic N) is 2. The molecule has 0 saturated heterocycles. The Balaban J connectivity index is 1.95. The maximum absolute atomic E-state index is 9.61. The first-order valence-electron chi connectivity index (χ1n) is 8.19. The van der Waals surface area contributed by atoms with Crippen LogP contribution in [0.5, 0.6) is 17.2 Å². The van der Waals surface area contributed by atoms with Crippen LogP contribution in [0.25, 0.3) is 28.2 Å². The zero-order valence-corrected chi connectivity index (χ0v) is 15.6. The van der Waals surface area contributed by atoms with Gasteiger partial charge in [0.15, 0.2) is 0 Å². The van der Waals surface area contributed by atoms with Gasteiger partial charge in [0, 0.05) is 11.1 Å². The van der Waals surface area contributed by atoms with Crippen LogP contribution in [0.1, 0.15) is 0 Å². The number of phenolic OH excluding ortho intramolecular Hbond substituents is 3. The third-order valence-corrected chi connectivity index (χ3v) is 4.95. The van der Waals surface area contributed by atoms with Gasteiger partial charge in [0.25, 0.3) is 0 Å². The predicted octanol–water partition coefficient (Wildman–Crippen LogP) is 5.09. The molecule has 1 heterocycles. The maximum atomic E-state index is 9.61. The number of hydrogen-bond donors (Lipinski definition) is 3. The van der Waals surface area contributed by atoms with Crippen LogP contribution in [-0.4, -0.2) is 25.1 Å². The van der Waals surface area contributed by atoms with Gasteiger partial charge in [-0.15, -0.1) is 0 Å². The van der Waals surface area contributed by atoms with E-state index in [1.54, 1.807) is 65.3 Å². The number of halogens is 1. The molecule has 5 nitrogen and oxygen atoms in total. The fourth-order valence-corrected chi connectivity index (χ4v) is 3.56. The van der Waals surface area contributed by atoms with Crippen LogP contribution in [0.2, 0.25) is 0 Å². The van der Waals surface area contributed by atoms with Crippen molar-refractivity contribution in [2.24, 2.45) is 0 Å². The monoisotopic (exact) mass is 422 g/mol. The highest BCUT2D eigenvalue weighted by Gasteiger charge is 2.20. The summed E-state index contributed by atoms with van der Waals surface area (Å²) in [4.78, 5) is 0. The second-order valence-electron chi connectivity index (χ2n) is 6.03. The molecule has 0 aliphatic carbocycles. The third kappa shape index (κ3) is 3.27. The molecule has 0 fully saturated rings. The van der Waals surface area contributed by atoms with Gasteiger partial charge >= 0.3 is 0 Å². The van der Waals surface area contributed by atoms with E-state index >= 15 is 0 Å². The lowest BCUT2D eigenvalue weighted by molar-refractivity contribution is 0.474. The Kier molecular flexibility index (Phi) is 4.33. The van der Waals surface area contributed by atoms with Crippen LogP contribution >= 0.6 is 15.9 Å². The van der Waals surface area contributed by atoms with Crippen molar-refractivity contribution >= 4 is 15.9 Å². The molecule has 3 N–H and O–H groups in total. The second-order valence-corrected chi connectivity index (χ2v) is 6.83. The lowest BCUT2D eigenvalue weighted by Crippen LogP contribution is -1.99. The van der Waals surface area contributed by atoms with Crippen molar-refractivity contribution in [3.8, 4) is 45.5 Å². The summed E-state index contributed by atoms with van der Waals surface area (Å²) >= 11 is 3.67. The SMILES string of the molecule is Oc1ccc(-c2nn(-c3ccc(O)cc3)c(-c3ccc(O)cc3)c2Br)cc1. The van der Waals surface area contributed by atoms with Gasteiger partial charge in [-0.05, 0) is 88.7 Å². The van der Waals surface area contributed by atoms with Gasteiger partial charge in [-0.25, -0.2) is 4.68 Å². The van der Waals surface area contributed by atoms with Gasteiger partial charge in [0.1, 0.15) is 22.9 Å². The summed E-state index contributed by atoms with van der Waals surface area (Å²) in [6.45, 7) is 0.